The monoisotopic (exact) mass is 480 g/mol. The Bertz CT molecular complexity index is 1130. The van der Waals surface area contributed by atoms with Crippen molar-refractivity contribution in [2.75, 3.05) is 32.0 Å². The van der Waals surface area contributed by atoms with Crippen molar-refractivity contribution < 1.29 is 22.7 Å². The molecule has 0 aliphatic rings. The van der Waals surface area contributed by atoms with Crippen LogP contribution in [0.15, 0.2) is 64.9 Å². The SMILES string of the molecule is COc1ccc(OCCN(C)C(=O)c2ccc(NS(=O)(=O)c3ccc(Cl)s3)cc2)cc1. The minimum atomic E-state index is -3.72. The summed E-state index contributed by atoms with van der Waals surface area (Å²) in [5.74, 6) is 1.23. The van der Waals surface area contributed by atoms with Crippen molar-refractivity contribution in [3.63, 3.8) is 0 Å². The summed E-state index contributed by atoms with van der Waals surface area (Å²) in [6, 6.07) is 16.4. The fourth-order valence-electron chi connectivity index (χ4n) is 2.62. The summed E-state index contributed by atoms with van der Waals surface area (Å²) in [7, 11) is -0.448. The molecule has 1 N–H and O–H groups in total. The smallest absolute Gasteiger partial charge is 0.271 e. The maximum atomic E-state index is 12.6. The van der Waals surface area contributed by atoms with E-state index in [9.17, 15) is 13.2 Å². The van der Waals surface area contributed by atoms with Crippen LogP contribution in [0.3, 0.4) is 0 Å². The van der Waals surface area contributed by atoms with Crippen LogP contribution in [0.5, 0.6) is 11.5 Å². The van der Waals surface area contributed by atoms with Gasteiger partial charge in [-0.05, 0) is 60.7 Å². The number of halogens is 1. The van der Waals surface area contributed by atoms with Crippen molar-refractivity contribution in [2.24, 2.45) is 0 Å². The molecular weight excluding hydrogens is 460 g/mol. The van der Waals surface area contributed by atoms with E-state index in [2.05, 4.69) is 4.72 Å². The van der Waals surface area contributed by atoms with Crippen LogP contribution in [0.2, 0.25) is 4.34 Å². The molecule has 0 fully saturated rings. The molecule has 0 aliphatic carbocycles. The van der Waals surface area contributed by atoms with E-state index in [1.165, 1.54) is 17.0 Å². The Morgan fingerprint density at radius 2 is 1.68 bits per heavy atom. The standard InChI is InChI=1S/C21H21ClN2O5S2/c1-24(13-14-29-18-9-7-17(28-2)8-10-18)21(25)15-3-5-16(6-4-15)23-31(26,27)20-12-11-19(22)30-20/h3-12,23H,13-14H2,1-2H3. The van der Waals surface area contributed by atoms with Gasteiger partial charge in [0, 0.05) is 18.3 Å². The second-order valence-electron chi connectivity index (χ2n) is 6.49. The van der Waals surface area contributed by atoms with Crippen LogP contribution in [-0.2, 0) is 10.0 Å². The van der Waals surface area contributed by atoms with Crippen molar-refractivity contribution in [1.82, 2.24) is 4.90 Å². The second kappa shape index (κ2) is 10.0. The maximum Gasteiger partial charge on any atom is 0.271 e. The van der Waals surface area contributed by atoms with Crippen molar-refractivity contribution in [3.05, 3.63) is 70.6 Å². The molecule has 7 nitrogen and oxygen atoms in total. The average molecular weight is 481 g/mol. The first kappa shape index (κ1) is 22.9. The zero-order chi connectivity index (χ0) is 22.4. The number of methoxy groups -OCH3 is 1. The summed E-state index contributed by atoms with van der Waals surface area (Å²) in [4.78, 5) is 14.1. The number of benzene rings is 2. The van der Waals surface area contributed by atoms with Gasteiger partial charge >= 0.3 is 0 Å². The molecule has 3 aromatic rings. The van der Waals surface area contributed by atoms with Crippen LogP contribution in [0.25, 0.3) is 0 Å². The van der Waals surface area contributed by atoms with Gasteiger partial charge in [0.2, 0.25) is 0 Å². The van der Waals surface area contributed by atoms with Crippen molar-refractivity contribution >= 4 is 44.6 Å². The summed E-state index contributed by atoms with van der Waals surface area (Å²) in [5.41, 5.74) is 0.792. The summed E-state index contributed by atoms with van der Waals surface area (Å²) in [6.07, 6.45) is 0. The number of carbonyl (C=O) groups is 1. The number of nitrogens with one attached hydrogen (secondary N) is 1. The zero-order valence-electron chi connectivity index (χ0n) is 16.9. The molecular formula is C21H21ClN2O5S2. The van der Waals surface area contributed by atoms with Crippen molar-refractivity contribution in [2.45, 2.75) is 4.21 Å². The van der Waals surface area contributed by atoms with Crippen LogP contribution < -0.4 is 14.2 Å². The van der Waals surface area contributed by atoms with Gasteiger partial charge in [-0.1, -0.05) is 11.6 Å². The van der Waals surface area contributed by atoms with Gasteiger partial charge < -0.3 is 14.4 Å². The van der Waals surface area contributed by atoms with E-state index in [-0.39, 0.29) is 10.1 Å². The molecule has 164 valence electrons. The molecule has 0 saturated carbocycles. The lowest BCUT2D eigenvalue weighted by atomic mass is 10.2. The van der Waals surface area contributed by atoms with E-state index in [1.54, 1.807) is 62.7 Å². The van der Waals surface area contributed by atoms with E-state index in [4.69, 9.17) is 21.1 Å². The van der Waals surface area contributed by atoms with Crippen molar-refractivity contribution in [3.8, 4) is 11.5 Å². The Morgan fingerprint density at radius 3 is 2.26 bits per heavy atom. The molecule has 1 heterocycles. The third kappa shape index (κ3) is 6.13. The number of hydrogen-bond acceptors (Lipinski definition) is 6. The Labute approximate surface area is 190 Å². The highest BCUT2D eigenvalue weighted by Gasteiger charge is 2.17. The fourth-order valence-corrected chi connectivity index (χ4v) is 5.16. The number of likely N-dealkylation sites (N-methyl/N-ethyl adjacent to an activating group) is 1. The van der Waals surface area contributed by atoms with Crippen LogP contribution >= 0.6 is 22.9 Å². The van der Waals surface area contributed by atoms with Gasteiger partial charge in [-0.3, -0.25) is 9.52 Å². The topological polar surface area (TPSA) is 84.9 Å². The lowest BCUT2D eigenvalue weighted by molar-refractivity contribution is 0.0774. The predicted octanol–water partition coefficient (Wildman–Crippen LogP) is 4.36. The molecule has 0 radical (unpaired) electrons. The molecule has 0 bridgehead atoms. The Hall–Kier alpha value is -2.75. The number of carbonyl (C=O) groups excluding carboxylic acids is 1. The molecule has 31 heavy (non-hydrogen) atoms. The molecule has 3 rings (SSSR count). The molecule has 10 heteroatoms. The molecule has 0 saturated heterocycles. The number of anilines is 1. The van der Waals surface area contributed by atoms with Gasteiger partial charge in [-0.25, -0.2) is 8.42 Å². The Morgan fingerprint density at radius 1 is 1.03 bits per heavy atom. The molecule has 1 amide bonds. The lowest BCUT2D eigenvalue weighted by Gasteiger charge is -2.18. The third-order valence-electron chi connectivity index (χ3n) is 4.30. The Kier molecular flexibility index (Phi) is 7.42. The number of amides is 1. The third-order valence-corrected chi connectivity index (χ3v) is 7.40. The molecule has 0 spiro atoms. The number of thiophene rings is 1. The van der Waals surface area contributed by atoms with Gasteiger partial charge in [-0.15, -0.1) is 11.3 Å². The van der Waals surface area contributed by atoms with Crippen LogP contribution in [0.1, 0.15) is 10.4 Å². The van der Waals surface area contributed by atoms with Gasteiger partial charge in [0.15, 0.2) is 0 Å². The summed E-state index contributed by atoms with van der Waals surface area (Å²) >= 11 is 6.78. The maximum absolute atomic E-state index is 12.6. The quantitative estimate of drug-likeness (QED) is 0.491. The van der Waals surface area contributed by atoms with Crippen LogP contribution in [0.4, 0.5) is 5.69 Å². The molecule has 0 aliphatic heterocycles. The summed E-state index contributed by atoms with van der Waals surface area (Å²) in [5, 5.41) is 0. The van der Waals surface area contributed by atoms with Crippen LogP contribution in [-0.4, -0.2) is 46.5 Å². The first-order valence-electron chi connectivity index (χ1n) is 9.19. The number of rotatable bonds is 9. The minimum Gasteiger partial charge on any atom is -0.497 e. The van der Waals surface area contributed by atoms with E-state index >= 15 is 0 Å². The second-order valence-corrected chi connectivity index (χ2v) is 10.1. The number of ether oxygens (including phenoxy) is 2. The average Bonchev–Trinajstić information content (AvgIpc) is 3.21. The highest BCUT2D eigenvalue weighted by molar-refractivity contribution is 7.94. The number of hydrogen-bond donors (Lipinski definition) is 1. The number of nitrogens with zero attached hydrogens (tertiary/aromatic N) is 1. The van der Waals surface area contributed by atoms with Gasteiger partial charge in [-0.2, -0.15) is 0 Å². The molecule has 0 atom stereocenters. The van der Waals surface area contributed by atoms with Gasteiger partial charge in [0.1, 0.15) is 22.3 Å². The largest absolute Gasteiger partial charge is 0.497 e. The summed E-state index contributed by atoms with van der Waals surface area (Å²) < 4.78 is 38.4. The van der Waals surface area contributed by atoms with Crippen molar-refractivity contribution in [1.29, 1.82) is 0 Å². The van der Waals surface area contributed by atoms with Gasteiger partial charge in [0.05, 0.1) is 18.0 Å². The van der Waals surface area contributed by atoms with E-state index in [0.717, 1.165) is 17.1 Å². The molecule has 1 aromatic heterocycles. The molecule has 0 unspecified atom stereocenters. The highest BCUT2D eigenvalue weighted by atomic mass is 35.5. The molecule has 2 aromatic carbocycles. The minimum absolute atomic E-state index is 0.120. The van der Waals surface area contributed by atoms with E-state index < -0.39 is 10.0 Å². The lowest BCUT2D eigenvalue weighted by Crippen LogP contribution is -2.30. The van der Waals surface area contributed by atoms with Gasteiger partial charge in [0.25, 0.3) is 15.9 Å². The normalized spacial score (nSPS) is 11.1. The fraction of sp³-hybridized carbons (Fsp3) is 0.190. The first-order valence-corrected chi connectivity index (χ1v) is 11.9. The Balaban J connectivity index is 1.54. The van der Waals surface area contributed by atoms with E-state index in [0.29, 0.717) is 34.5 Å². The predicted molar refractivity (Wildman–Crippen MR) is 122 cm³/mol. The van der Waals surface area contributed by atoms with E-state index in [1.807, 2.05) is 0 Å². The number of sulfonamides is 1. The highest BCUT2D eigenvalue weighted by Crippen LogP contribution is 2.27. The summed E-state index contributed by atoms with van der Waals surface area (Å²) in [6.45, 7) is 0.716. The first-order chi connectivity index (χ1) is 14.8. The van der Waals surface area contributed by atoms with Crippen LogP contribution in [0, 0.1) is 0 Å². The zero-order valence-corrected chi connectivity index (χ0v) is 19.3.